The first-order valence-corrected chi connectivity index (χ1v) is 11.1. The fraction of sp³-hybridized carbons (Fsp3) is 0.231. The maximum absolute atomic E-state index is 12.9. The summed E-state index contributed by atoms with van der Waals surface area (Å²) in [6.45, 7) is 0. The second-order valence-electron chi connectivity index (χ2n) is 8.13. The Hall–Kier alpha value is -4.00. The Bertz CT molecular complexity index is 1400. The van der Waals surface area contributed by atoms with Crippen molar-refractivity contribution in [2.45, 2.75) is 31.7 Å². The molecule has 3 aromatic heterocycles. The first-order chi connectivity index (χ1) is 16.2. The van der Waals surface area contributed by atoms with Gasteiger partial charge in [0.25, 0.3) is 5.56 Å². The van der Waals surface area contributed by atoms with Gasteiger partial charge in [-0.1, -0.05) is 42.8 Å². The van der Waals surface area contributed by atoms with E-state index in [0.29, 0.717) is 5.69 Å². The number of esters is 1. The van der Waals surface area contributed by atoms with Crippen molar-refractivity contribution in [2.24, 2.45) is 0 Å². The lowest BCUT2D eigenvalue weighted by atomic mass is 9.89. The second-order valence-corrected chi connectivity index (χ2v) is 8.13. The number of benzene rings is 1. The lowest BCUT2D eigenvalue weighted by Gasteiger charge is -2.26. The van der Waals surface area contributed by atoms with E-state index in [0.717, 1.165) is 53.6 Å². The molecule has 1 aliphatic rings. The standard InChI is InChI=1S/C26H24N4O3/c1-33-24(32)17-19-11-5-6-12-21(19)30-23(31)15-14-20(27-30)25-22-13-7-8-16-29(22)28-26(25)18-9-3-2-4-10-18/h2-4,7-10,13-17,21H,5-6,11-12H2,1H3. The summed E-state index contributed by atoms with van der Waals surface area (Å²) >= 11 is 0. The van der Waals surface area contributed by atoms with Gasteiger partial charge in [0.2, 0.25) is 0 Å². The van der Waals surface area contributed by atoms with Crippen LogP contribution in [-0.4, -0.2) is 32.5 Å². The highest BCUT2D eigenvalue weighted by atomic mass is 16.5. The van der Waals surface area contributed by atoms with E-state index in [1.165, 1.54) is 17.9 Å². The minimum atomic E-state index is -0.407. The van der Waals surface area contributed by atoms with E-state index < -0.39 is 5.97 Å². The van der Waals surface area contributed by atoms with Gasteiger partial charge in [0, 0.05) is 23.9 Å². The minimum Gasteiger partial charge on any atom is -0.466 e. The average molecular weight is 441 g/mol. The van der Waals surface area contributed by atoms with Crippen LogP contribution in [-0.2, 0) is 9.53 Å². The number of hydrogen-bond donors (Lipinski definition) is 0. The van der Waals surface area contributed by atoms with E-state index in [1.54, 1.807) is 12.1 Å². The second kappa shape index (κ2) is 8.86. The van der Waals surface area contributed by atoms with Crippen molar-refractivity contribution in [3.63, 3.8) is 0 Å². The number of carbonyl (C=O) groups excluding carboxylic acids is 1. The number of rotatable bonds is 4. The summed E-state index contributed by atoms with van der Waals surface area (Å²) in [5.41, 5.74) is 4.89. The summed E-state index contributed by atoms with van der Waals surface area (Å²) in [4.78, 5) is 24.8. The lowest BCUT2D eigenvalue weighted by Crippen LogP contribution is -2.30. The quantitative estimate of drug-likeness (QED) is 0.346. The van der Waals surface area contributed by atoms with Crippen molar-refractivity contribution in [1.82, 2.24) is 19.4 Å². The first kappa shape index (κ1) is 20.9. The molecular weight excluding hydrogens is 416 g/mol. The van der Waals surface area contributed by atoms with Gasteiger partial charge in [-0.2, -0.15) is 10.2 Å². The molecule has 0 saturated heterocycles. The van der Waals surface area contributed by atoms with E-state index in [1.807, 2.05) is 59.2 Å². The van der Waals surface area contributed by atoms with Crippen LogP contribution in [0.2, 0.25) is 0 Å². The zero-order valence-corrected chi connectivity index (χ0v) is 18.3. The van der Waals surface area contributed by atoms with Crippen LogP contribution in [0.3, 0.4) is 0 Å². The Morgan fingerprint density at radius 3 is 2.67 bits per heavy atom. The molecule has 1 fully saturated rings. The smallest absolute Gasteiger partial charge is 0.330 e. The van der Waals surface area contributed by atoms with Crippen molar-refractivity contribution in [2.75, 3.05) is 7.11 Å². The molecule has 33 heavy (non-hydrogen) atoms. The van der Waals surface area contributed by atoms with E-state index in [-0.39, 0.29) is 11.6 Å². The van der Waals surface area contributed by atoms with Crippen molar-refractivity contribution >= 4 is 11.5 Å². The molecule has 3 heterocycles. The molecule has 4 aromatic rings. The molecule has 7 heteroatoms. The largest absolute Gasteiger partial charge is 0.466 e. The summed E-state index contributed by atoms with van der Waals surface area (Å²) in [5, 5.41) is 9.62. The number of nitrogens with zero attached hydrogens (tertiary/aromatic N) is 4. The molecule has 0 N–H and O–H groups in total. The fourth-order valence-electron chi connectivity index (χ4n) is 4.51. The highest BCUT2D eigenvalue weighted by Gasteiger charge is 2.25. The van der Waals surface area contributed by atoms with Crippen LogP contribution in [0.25, 0.3) is 28.0 Å². The third-order valence-electron chi connectivity index (χ3n) is 6.09. The Kier molecular flexibility index (Phi) is 5.60. The number of pyridine rings is 1. The van der Waals surface area contributed by atoms with Gasteiger partial charge in [-0.05, 0) is 43.0 Å². The number of allylic oxidation sites excluding steroid dienone is 1. The number of fused-ring (bicyclic) bond motifs is 1. The number of carbonyl (C=O) groups is 1. The number of ether oxygens (including phenoxy) is 1. The van der Waals surface area contributed by atoms with Crippen molar-refractivity contribution in [3.8, 4) is 22.5 Å². The van der Waals surface area contributed by atoms with Gasteiger partial charge < -0.3 is 4.74 Å². The van der Waals surface area contributed by atoms with Gasteiger partial charge in [0.15, 0.2) is 0 Å². The minimum absolute atomic E-state index is 0.195. The molecule has 1 unspecified atom stereocenters. The molecule has 0 radical (unpaired) electrons. The third-order valence-corrected chi connectivity index (χ3v) is 6.09. The molecule has 0 bridgehead atoms. The maximum Gasteiger partial charge on any atom is 0.330 e. The Balaban J connectivity index is 1.68. The molecule has 0 spiro atoms. The molecule has 1 saturated carbocycles. The fourth-order valence-corrected chi connectivity index (χ4v) is 4.51. The molecule has 0 amide bonds. The molecule has 1 aliphatic carbocycles. The summed E-state index contributed by atoms with van der Waals surface area (Å²) in [5.74, 6) is -0.407. The molecule has 7 nitrogen and oxygen atoms in total. The van der Waals surface area contributed by atoms with Crippen LogP contribution >= 0.6 is 0 Å². The van der Waals surface area contributed by atoms with Gasteiger partial charge in [-0.25, -0.2) is 14.0 Å². The first-order valence-electron chi connectivity index (χ1n) is 11.1. The summed E-state index contributed by atoms with van der Waals surface area (Å²) in [6, 6.07) is 18.9. The van der Waals surface area contributed by atoms with Crippen LogP contribution in [0.1, 0.15) is 31.7 Å². The van der Waals surface area contributed by atoms with Crippen LogP contribution in [0.4, 0.5) is 0 Å². The molecule has 0 aliphatic heterocycles. The van der Waals surface area contributed by atoms with Gasteiger partial charge in [0.05, 0.1) is 29.9 Å². The van der Waals surface area contributed by atoms with Gasteiger partial charge in [-0.3, -0.25) is 4.79 Å². The zero-order valence-electron chi connectivity index (χ0n) is 18.3. The van der Waals surface area contributed by atoms with E-state index in [2.05, 4.69) is 0 Å². The predicted octanol–water partition coefficient (Wildman–Crippen LogP) is 4.44. The Morgan fingerprint density at radius 2 is 1.85 bits per heavy atom. The molecular formula is C26H24N4O3. The van der Waals surface area contributed by atoms with Gasteiger partial charge in [0.1, 0.15) is 5.69 Å². The summed E-state index contributed by atoms with van der Waals surface area (Å²) < 4.78 is 8.18. The normalized spacial score (nSPS) is 17.4. The Morgan fingerprint density at radius 1 is 1.03 bits per heavy atom. The van der Waals surface area contributed by atoms with E-state index in [9.17, 15) is 9.59 Å². The highest BCUT2D eigenvalue weighted by Crippen LogP contribution is 2.35. The Labute approximate surface area is 190 Å². The van der Waals surface area contributed by atoms with Crippen molar-refractivity contribution in [1.29, 1.82) is 0 Å². The number of methoxy groups -OCH3 is 1. The van der Waals surface area contributed by atoms with Crippen LogP contribution in [0.15, 0.2) is 83.3 Å². The molecule has 1 atom stereocenters. The third kappa shape index (κ3) is 3.98. The molecule has 166 valence electrons. The highest BCUT2D eigenvalue weighted by molar-refractivity contribution is 5.90. The van der Waals surface area contributed by atoms with Gasteiger partial charge >= 0.3 is 5.97 Å². The van der Waals surface area contributed by atoms with Crippen molar-refractivity contribution in [3.05, 3.63) is 88.9 Å². The monoisotopic (exact) mass is 440 g/mol. The van der Waals surface area contributed by atoms with Crippen LogP contribution in [0.5, 0.6) is 0 Å². The van der Waals surface area contributed by atoms with Crippen molar-refractivity contribution < 1.29 is 9.53 Å². The topological polar surface area (TPSA) is 78.5 Å². The molecule has 5 rings (SSSR count). The molecule has 1 aromatic carbocycles. The zero-order chi connectivity index (χ0) is 22.8. The van der Waals surface area contributed by atoms with Crippen LogP contribution in [0, 0.1) is 0 Å². The van der Waals surface area contributed by atoms with E-state index in [4.69, 9.17) is 14.9 Å². The lowest BCUT2D eigenvalue weighted by molar-refractivity contribution is -0.134. The predicted molar refractivity (Wildman–Crippen MR) is 126 cm³/mol. The number of aromatic nitrogens is 4. The SMILES string of the molecule is COC(=O)C=C1CCCCC1n1nc(-c2c(-c3ccccc3)nn3ccccc23)ccc1=O. The summed E-state index contributed by atoms with van der Waals surface area (Å²) in [6.07, 6.45) is 6.84. The van der Waals surface area contributed by atoms with Gasteiger partial charge in [-0.15, -0.1) is 0 Å². The van der Waals surface area contributed by atoms with E-state index >= 15 is 0 Å². The van der Waals surface area contributed by atoms with Crippen LogP contribution < -0.4 is 5.56 Å². The maximum atomic E-state index is 12.9. The summed E-state index contributed by atoms with van der Waals surface area (Å²) in [7, 11) is 1.36. The number of hydrogen-bond acceptors (Lipinski definition) is 5. The average Bonchev–Trinajstić information content (AvgIpc) is 3.25.